The first-order chi connectivity index (χ1) is 12.3. The molecule has 3 N–H and O–H groups in total. The minimum atomic E-state index is -1.18. The maximum absolute atomic E-state index is 13.0. The molecule has 1 aromatic rings. The summed E-state index contributed by atoms with van der Waals surface area (Å²) < 4.78 is 13.0. The maximum Gasteiger partial charge on any atom is 0.326 e. The molecule has 0 fully saturated rings. The molecule has 0 aliphatic carbocycles. The second-order valence-corrected chi connectivity index (χ2v) is 5.89. The number of benzene rings is 1. The van der Waals surface area contributed by atoms with Crippen molar-refractivity contribution in [3.63, 3.8) is 0 Å². The van der Waals surface area contributed by atoms with Gasteiger partial charge in [0.15, 0.2) is 0 Å². The Kier molecular flexibility index (Phi) is 8.78. The van der Waals surface area contributed by atoms with Crippen molar-refractivity contribution < 1.29 is 23.9 Å². The molecule has 0 saturated carbocycles. The average Bonchev–Trinajstić information content (AvgIpc) is 2.58. The van der Waals surface area contributed by atoms with Crippen LogP contribution in [0, 0.1) is 17.1 Å². The lowest BCUT2D eigenvalue weighted by molar-refractivity contribution is -0.142. The predicted octanol–water partition coefficient (Wildman–Crippen LogP) is 1.53. The minimum absolute atomic E-state index is 0.104. The lowest BCUT2D eigenvalue weighted by atomic mass is 10.0. The molecular weight excluding hydrogens is 341 g/mol. The number of halogens is 1. The van der Waals surface area contributed by atoms with E-state index in [9.17, 15) is 23.9 Å². The maximum atomic E-state index is 13.0. The van der Waals surface area contributed by atoms with E-state index in [1.54, 1.807) is 0 Å². The van der Waals surface area contributed by atoms with Gasteiger partial charge in [-0.3, -0.25) is 9.59 Å². The Balaban J connectivity index is 2.76. The van der Waals surface area contributed by atoms with E-state index in [1.807, 2.05) is 6.07 Å². The fraction of sp³-hybridized carbons (Fsp3) is 0.444. The summed E-state index contributed by atoms with van der Waals surface area (Å²) in [6.07, 6.45) is 1.63. The minimum Gasteiger partial charge on any atom is -0.480 e. The van der Waals surface area contributed by atoms with E-state index in [0.29, 0.717) is 24.8 Å². The van der Waals surface area contributed by atoms with Crippen LogP contribution in [0.3, 0.4) is 0 Å². The largest absolute Gasteiger partial charge is 0.480 e. The van der Waals surface area contributed by atoms with Crippen LogP contribution in [-0.4, -0.2) is 35.0 Å². The highest BCUT2D eigenvalue weighted by molar-refractivity contribution is 5.90. The summed E-state index contributed by atoms with van der Waals surface area (Å²) in [7, 11) is 0. The fourth-order valence-electron chi connectivity index (χ4n) is 2.39. The van der Waals surface area contributed by atoms with E-state index in [2.05, 4.69) is 10.6 Å². The summed E-state index contributed by atoms with van der Waals surface area (Å²) in [5.74, 6) is -2.67. The van der Waals surface area contributed by atoms with Gasteiger partial charge in [-0.1, -0.05) is 12.1 Å². The highest BCUT2D eigenvalue weighted by Gasteiger charge is 2.25. The number of nitrogens with zero attached hydrogens (tertiary/aromatic N) is 1. The first kappa shape index (κ1) is 21.1. The fourth-order valence-corrected chi connectivity index (χ4v) is 2.39. The molecule has 2 atom stereocenters. The molecule has 0 radical (unpaired) electrons. The summed E-state index contributed by atoms with van der Waals surface area (Å²) in [6, 6.07) is 5.37. The molecule has 2 amide bonds. The molecule has 7 nitrogen and oxygen atoms in total. The number of carbonyl (C=O) groups excluding carboxylic acids is 2. The number of aliphatic carboxylic acids is 1. The number of rotatable bonds is 10. The zero-order valence-electron chi connectivity index (χ0n) is 14.5. The number of nitriles is 1. The van der Waals surface area contributed by atoms with Crippen LogP contribution in [0.4, 0.5) is 4.39 Å². The van der Waals surface area contributed by atoms with Gasteiger partial charge < -0.3 is 15.7 Å². The quantitative estimate of drug-likeness (QED) is 0.545. The van der Waals surface area contributed by atoms with Gasteiger partial charge in [0.1, 0.15) is 17.9 Å². The second-order valence-electron chi connectivity index (χ2n) is 5.89. The van der Waals surface area contributed by atoms with Crippen molar-refractivity contribution >= 4 is 17.8 Å². The molecule has 0 aliphatic heterocycles. The number of carbonyl (C=O) groups is 3. The molecule has 140 valence electrons. The van der Waals surface area contributed by atoms with E-state index in [1.165, 1.54) is 31.2 Å². The number of carboxylic acids is 1. The summed E-state index contributed by atoms with van der Waals surface area (Å²) >= 11 is 0. The summed E-state index contributed by atoms with van der Waals surface area (Å²) in [5.41, 5.74) is 0.626. The normalized spacial score (nSPS) is 12.5. The van der Waals surface area contributed by atoms with Crippen LogP contribution in [0.15, 0.2) is 24.3 Å². The zero-order valence-corrected chi connectivity index (χ0v) is 14.5. The molecule has 1 aromatic carbocycles. The Bertz CT molecular complexity index is 670. The Morgan fingerprint density at radius 2 is 1.81 bits per heavy atom. The number of hydrogen-bond donors (Lipinski definition) is 3. The van der Waals surface area contributed by atoms with Crippen LogP contribution >= 0.6 is 0 Å². The van der Waals surface area contributed by atoms with Crippen molar-refractivity contribution in [3.8, 4) is 6.07 Å². The number of amides is 2. The van der Waals surface area contributed by atoms with Crippen molar-refractivity contribution in [3.05, 3.63) is 35.6 Å². The molecule has 0 heterocycles. The van der Waals surface area contributed by atoms with Gasteiger partial charge in [-0.15, -0.1) is 0 Å². The number of carboxylic acid groups (broad SMARTS) is 1. The van der Waals surface area contributed by atoms with Crippen molar-refractivity contribution in [2.75, 3.05) is 0 Å². The Hall–Kier alpha value is -2.95. The average molecular weight is 363 g/mol. The first-order valence-corrected chi connectivity index (χ1v) is 8.25. The van der Waals surface area contributed by atoms with Crippen LogP contribution in [0.5, 0.6) is 0 Å². The monoisotopic (exact) mass is 363 g/mol. The van der Waals surface area contributed by atoms with E-state index in [0.717, 1.165) is 0 Å². The molecule has 0 unspecified atom stereocenters. The third-order valence-corrected chi connectivity index (χ3v) is 3.69. The van der Waals surface area contributed by atoms with Crippen LogP contribution in [0.2, 0.25) is 0 Å². The topological polar surface area (TPSA) is 119 Å². The molecule has 0 spiro atoms. The predicted molar refractivity (Wildman–Crippen MR) is 91.4 cm³/mol. The summed E-state index contributed by atoms with van der Waals surface area (Å²) in [4.78, 5) is 35.1. The van der Waals surface area contributed by atoms with Gasteiger partial charge in [-0.25, -0.2) is 9.18 Å². The van der Waals surface area contributed by atoms with Gasteiger partial charge in [0, 0.05) is 19.8 Å². The molecule has 8 heteroatoms. The molecule has 26 heavy (non-hydrogen) atoms. The van der Waals surface area contributed by atoms with Crippen LogP contribution in [0.25, 0.3) is 0 Å². The second kappa shape index (κ2) is 10.8. The van der Waals surface area contributed by atoms with Crippen LogP contribution < -0.4 is 10.6 Å². The highest BCUT2D eigenvalue weighted by Crippen LogP contribution is 2.08. The summed E-state index contributed by atoms with van der Waals surface area (Å²) in [6.45, 7) is 1.25. The van der Waals surface area contributed by atoms with Crippen molar-refractivity contribution in [1.82, 2.24) is 10.6 Å². The lowest BCUT2D eigenvalue weighted by Gasteiger charge is -2.21. The standard InChI is InChI=1S/C18H22FN3O4/c1-12(23)21-16(11-13-6-8-14(19)9-7-13)17(24)22-15(18(25)26)5-3-2-4-10-20/h6-9,15-16H,2-5,11H2,1H3,(H,21,23)(H,22,24)(H,25,26)/t15-,16+/m1/s1. The van der Waals surface area contributed by atoms with E-state index in [4.69, 9.17) is 5.26 Å². The molecule has 1 rings (SSSR count). The molecule has 0 bridgehead atoms. The van der Waals surface area contributed by atoms with Gasteiger partial charge in [0.05, 0.1) is 6.07 Å². The van der Waals surface area contributed by atoms with E-state index in [-0.39, 0.29) is 12.8 Å². The van der Waals surface area contributed by atoms with Crippen LogP contribution in [0.1, 0.15) is 38.2 Å². The van der Waals surface area contributed by atoms with Gasteiger partial charge in [-0.05, 0) is 37.0 Å². The third kappa shape index (κ3) is 7.75. The number of nitrogens with one attached hydrogen (secondary N) is 2. The Morgan fingerprint density at radius 3 is 2.35 bits per heavy atom. The Morgan fingerprint density at radius 1 is 1.15 bits per heavy atom. The van der Waals surface area contributed by atoms with Gasteiger partial charge in [0.25, 0.3) is 0 Å². The first-order valence-electron chi connectivity index (χ1n) is 8.25. The molecule has 0 aromatic heterocycles. The van der Waals surface area contributed by atoms with Gasteiger partial charge in [-0.2, -0.15) is 5.26 Å². The van der Waals surface area contributed by atoms with Gasteiger partial charge in [0.2, 0.25) is 11.8 Å². The molecule has 0 aliphatic rings. The van der Waals surface area contributed by atoms with Crippen molar-refractivity contribution in [2.45, 2.75) is 51.1 Å². The van der Waals surface area contributed by atoms with Crippen LogP contribution in [-0.2, 0) is 20.8 Å². The van der Waals surface area contributed by atoms with Crippen molar-refractivity contribution in [1.29, 1.82) is 5.26 Å². The highest BCUT2D eigenvalue weighted by atomic mass is 19.1. The number of hydrogen-bond acceptors (Lipinski definition) is 4. The molecule has 0 saturated heterocycles. The third-order valence-electron chi connectivity index (χ3n) is 3.69. The zero-order chi connectivity index (χ0) is 19.5. The smallest absolute Gasteiger partial charge is 0.326 e. The van der Waals surface area contributed by atoms with Crippen molar-refractivity contribution in [2.24, 2.45) is 0 Å². The molecular formula is C18H22FN3O4. The Labute approximate surface area is 151 Å². The van der Waals surface area contributed by atoms with Gasteiger partial charge >= 0.3 is 5.97 Å². The summed E-state index contributed by atoms with van der Waals surface area (Å²) in [5, 5.41) is 22.7. The lowest BCUT2D eigenvalue weighted by Crippen LogP contribution is -2.52. The SMILES string of the molecule is CC(=O)N[C@@H](Cc1ccc(F)cc1)C(=O)N[C@H](CCCCC#N)C(=O)O. The van der Waals surface area contributed by atoms with E-state index >= 15 is 0 Å². The van der Waals surface area contributed by atoms with E-state index < -0.39 is 35.7 Å². The number of unbranched alkanes of at least 4 members (excludes halogenated alkanes) is 2.